The highest BCUT2D eigenvalue weighted by Gasteiger charge is 2.33. The van der Waals surface area contributed by atoms with Gasteiger partial charge in [-0.05, 0) is 44.5 Å². The van der Waals surface area contributed by atoms with Crippen LogP contribution in [0.2, 0.25) is 0 Å². The number of carbonyl (C=O) groups is 1. The van der Waals surface area contributed by atoms with E-state index < -0.39 is 12.0 Å². The van der Waals surface area contributed by atoms with Crippen LogP contribution in [-0.2, 0) is 16.6 Å². The van der Waals surface area contributed by atoms with Gasteiger partial charge in [0.2, 0.25) is 0 Å². The second-order valence-electron chi connectivity index (χ2n) is 8.13. The normalized spacial score (nSPS) is 15.9. The van der Waals surface area contributed by atoms with Crippen LogP contribution in [0, 0.1) is 6.92 Å². The molecule has 0 N–H and O–H groups in total. The number of carbonyl (C=O) groups excluding carboxylic acids is 1. The zero-order valence-electron chi connectivity index (χ0n) is 19.6. The largest absolute Gasteiger partial charge is 0.463 e. The smallest absolute Gasteiger partial charge is 0.338 e. The number of thiazole rings is 1. The molecule has 0 saturated heterocycles. The number of aryl methyl sites for hydroxylation is 2. The van der Waals surface area contributed by atoms with Crippen LogP contribution in [0.4, 0.5) is 5.69 Å². The summed E-state index contributed by atoms with van der Waals surface area (Å²) < 4.78 is 9.21. The summed E-state index contributed by atoms with van der Waals surface area (Å²) in [5.41, 5.74) is 4.29. The minimum absolute atomic E-state index is 0.196. The van der Waals surface area contributed by atoms with E-state index in [1.165, 1.54) is 11.3 Å². The van der Waals surface area contributed by atoms with Gasteiger partial charge < -0.3 is 9.64 Å². The maximum atomic E-state index is 13.6. The molecular formula is C24H27N5O3S. The molecule has 1 aliphatic rings. The van der Waals surface area contributed by atoms with E-state index in [-0.39, 0.29) is 12.2 Å². The summed E-state index contributed by atoms with van der Waals surface area (Å²) in [4.78, 5) is 33.7. The molecule has 1 atom stereocenters. The van der Waals surface area contributed by atoms with E-state index in [2.05, 4.69) is 10.1 Å². The number of benzene rings is 1. The molecule has 9 heteroatoms. The zero-order valence-corrected chi connectivity index (χ0v) is 20.4. The number of anilines is 1. The number of fused-ring (bicyclic) bond motifs is 1. The first-order chi connectivity index (χ1) is 15.7. The topological polar surface area (TPSA) is 81.7 Å². The van der Waals surface area contributed by atoms with Gasteiger partial charge in [-0.25, -0.2) is 9.79 Å². The molecule has 0 amide bonds. The predicted molar refractivity (Wildman–Crippen MR) is 129 cm³/mol. The van der Waals surface area contributed by atoms with Crippen LogP contribution in [-0.4, -0.2) is 41.0 Å². The molecule has 1 aliphatic heterocycles. The molecule has 8 nitrogen and oxygen atoms in total. The lowest BCUT2D eigenvalue weighted by Gasteiger charge is -2.25. The Labute approximate surface area is 195 Å². The first-order valence-electron chi connectivity index (χ1n) is 10.7. The first-order valence-corrected chi connectivity index (χ1v) is 11.5. The lowest BCUT2D eigenvalue weighted by molar-refractivity contribution is -0.139. The summed E-state index contributed by atoms with van der Waals surface area (Å²) in [6.45, 7) is 5.70. The van der Waals surface area contributed by atoms with Gasteiger partial charge in [-0.1, -0.05) is 23.5 Å². The van der Waals surface area contributed by atoms with E-state index in [9.17, 15) is 9.59 Å². The van der Waals surface area contributed by atoms with Crippen molar-refractivity contribution in [3.63, 3.8) is 0 Å². The summed E-state index contributed by atoms with van der Waals surface area (Å²) >= 11 is 1.31. The Balaban J connectivity index is 1.95. The van der Waals surface area contributed by atoms with E-state index in [0.29, 0.717) is 20.6 Å². The number of aromatic nitrogens is 3. The Kier molecular flexibility index (Phi) is 6.07. The zero-order chi connectivity index (χ0) is 23.9. The third-order valence-corrected chi connectivity index (χ3v) is 6.56. The minimum atomic E-state index is -0.617. The Bertz CT molecular complexity index is 1420. The number of hydrogen-bond acceptors (Lipinski definition) is 7. The Hall–Kier alpha value is -3.46. The third kappa shape index (κ3) is 4.16. The fraction of sp³-hybridized carbons (Fsp3) is 0.333. The quantitative estimate of drug-likeness (QED) is 0.538. The van der Waals surface area contributed by atoms with E-state index in [4.69, 9.17) is 4.74 Å². The molecule has 4 rings (SSSR count). The number of esters is 1. The van der Waals surface area contributed by atoms with Crippen LogP contribution < -0.4 is 19.8 Å². The molecule has 0 radical (unpaired) electrons. The molecule has 0 aliphatic carbocycles. The van der Waals surface area contributed by atoms with Crippen LogP contribution >= 0.6 is 11.3 Å². The number of hydrogen-bond donors (Lipinski definition) is 0. The van der Waals surface area contributed by atoms with Crippen molar-refractivity contribution in [3.8, 4) is 0 Å². The summed E-state index contributed by atoms with van der Waals surface area (Å²) in [5, 5.41) is 4.36. The van der Waals surface area contributed by atoms with Gasteiger partial charge in [0.15, 0.2) is 4.80 Å². The standard InChI is InChI=1S/C24H27N5O3S/c1-7-32-23(31)20-15(3)25-24-29(21(20)16-8-10-18(11-9-16)27(4)5)22(30)19(33-24)12-17-13-28(6)26-14(17)2/h8-13,21H,7H2,1-6H3/b19-12-. The summed E-state index contributed by atoms with van der Waals surface area (Å²) in [7, 11) is 5.78. The SMILES string of the molecule is CCOC(=O)C1=C(C)N=c2s/c(=C\c3cn(C)nc3C)c(=O)n2C1c1ccc(N(C)C)cc1. The number of ether oxygens (including phenoxy) is 1. The van der Waals surface area contributed by atoms with Gasteiger partial charge in [0.25, 0.3) is 5.56 Å². The Morgan fingerprint density at radius 1 is 1.24 bits per heavy atom. The monoisotopic (exact) mass is 465 g/mol. The number of nitrogens with zero attached hydrogens (tertiary/aromatic N) is 5. The summed E-state index contributed by atoms with van der Waals surface area (Å²) in [6.07, 6.45) is 3.71. The van der Waals surface area contributed by atoms with Gasteiger partial charge in [0.05, 0.1) is 34.1 Å². The van der Waals surface area contributed by atoms with Crippen molar-refractivity contribution >= 4 is 29.1 Å². The first kappa shape index (κ1) is 22.7. The highest BCUT2D eigenvalue weighted by molar-refractivity contribution is 7.07. The molecule has 2 aromatic heterocycles. The molecule has 0 saturated carbocycles. The molecule has 0 fully saturated rings. The molecule has 3 aromatic rings. The van der Waals surface area contributed by atoms with Crippen LogP contribution in [0.5, 0.6) is 0 Å². The molecule has 1 aromatic carbocycles. The highest BCUT2D eigenvalue weighted by atomic mass is 32.1. The molecule has 33 heavy (non-hydrogen) atoms. The van der Waals surface area contributed by atoms with Crippen molar-refractivity contribution in [3.05, 3.63) is 78.2 Å². The molecule has 1 unspecified atom stereocenters. The average molecular weight is 466 g/mol. The van der Waals surface area contributed by atoms with Crippen LogP contribution in [0.25, 0.3) is 6.08 Å². The van der Waals surface area contributed by atoms with E-state index in [1.54, 1.807) is 23.1 Å². The maximum absolute atomic E-state index is 13.6. The molecule has 0 bridgehead atoms. The highest BCUT2D eigenvalue weighted by Crippen LogP contribution is 2.31. The van der Waals surface area contributed by atoms with Crippen LogP contribution in [0.3, 0.4) is 0 Å². The van der Waals surface area contributed by atoms with E-state index in [1.807, 2.05) is 69.5 Å². The van der Waals surface area contributed by atoms with Crippen molar-refractivity contribution in [1.82, 2.24) is 14.3 Å². The minimum Gasteiger partial charge on any atom is -0.463 e. The maximum Gasteiger partial charge on any atom is 0.338 e. The predicted octanol–water partition coefficient (Wildman–Crippen LogP) is 1.91. The van der Waals surface area contributed by atoms with Gasteiger partial charge >= 0.3 is 5.97 Å². The fourth-order valence-electron chi connectivity index (χ4n) is 3.96. The van der Waals surface area contributed by atoms with Gasteiger partial charge in [0.1, 0.15) is 0 Å². The van der Waals surface area contributed by atoms with Crippen molar-refractivity contribution < 1.29 is 9.53 Å². The van der Waals surface area contributed by atoms with Crippen molar-refractivity contribution in [2.75, 3.05) is 25.6 Å². The van der Waals surface area contributed by atoms with Gasteiger partial charge in [-0.2, -0.15) is 5.10 Å². The second kappa shape index (κ2) is 8.82. The lowest BCUT2D eigenvalue weighted by Crippen LogP contribution is -2.40. The van der Waals surface area contributed by atoms with Crippen LogP contribution in [0.1, 0.15) is 36.7 Å². The van der Waals surface area contributed by atoms with E-state index >= 15 is 0 Å². The number of allylic oxidation sites excluding steroid dienone is 1. The summed E-state index contributed by atoms with van der Waals surface area (Å²) in [6, 6.07) is 7.22. The van der Waals surface area contributed by atoms with Crippen molar-refractivity contribution in [2.24, 2.45) is 12.0 Å². The third-order valence-electron chi connectivity index (χ3n) is 5.58. The Morgan fingerprint density at radius 3 is 2.52 bits per heavy atom. The van der Waals surface area contributed by atoms with Gasteiger partial charge in [0, 0.05) is 38.6 Å². The Morgan fingerprint density at radius 2 is 1.94 bits per heavy atom. The lowest BCUT2D eigenvalue weighted by atomic mass is 9.95. The number of rotatable bonds is 5. The molecule has 0 spiro atoms. The van der Waals surface area contributed by atoms with Gasteiger partial charge in [-0.15, -0.1) is 0 Å². The fourth-order valence-corrected chi connectivity index (χ4v) is 5.00. The molecule has 172 valence electrons. The second-order valence-corrected chi connectivity index (χ2v) is 9.14. The molecular weight excluding hydrogens is 438 g/mol. The molecule has 3 heterocycles. The van der Waals surface area contributed by atoms with Crippen molar-refractivity contribution in [1.29, 1.82) is 0 Å². The van der Waals surface area contributed by atoms with Crippen LogP contribution in [0.15, 0.2) is 51.5 Å². The van der Waals surface area contributed by atoms with Gasteiger partial charge in [-0.3, -0.25) is 14.0 Å². The van der Waals surface area contributed by atoms with E-state index in [0.717, 1.165) is 22.5 Å². The summed E-state index contributed by atoms with van der Waals surface area (Å²) in [5.74, 6) is -0.460. The van der Waals surface area contributed by atoms with Crippen molar-refractivity contribution in [2.45, 2.75) is 26.8 Å². The average Bonchev–Trinajstić information content (AvgIpc) is 3.24.